The van der Waals surface area contributed by atoms with E-state index in [0.717, 1.165) is 51.4 Å². The van der Waals surface area contributed by atoms with Crippen LogP contribution in [0.5, 0.6) is 0 Å². The van der Waals surface area contributed by atoms with Crippen molar-refractivity contribution in [2.24, 2.45) is 23.7 Å². The molecule has 4 nitrogen and oxygen atoms in total. The molecule has 1 saturated carbocycles. The summed E-state index contributed by atoms with van der Waals surface area (Å²) in [5, 5.41) is 0. The maximum Gasteiger partial charge on any atom is 0.309 e. The second-order valence-electron chi connectivity index (χ2n) is 14.3. The van der Waals surface area contributed by atoms with E-state index in [1.54, 1.807) is 0 Å². The molecule has 0 heterocycles. The van der Waals surface area contributed by atoms with Crippen LogP contribution in [0.3, 0.4) is 0 Å². The first-order valence-electron chi connectivity index (χ1n) is 19.9. The number of carbonyl (C=O) groups is 2. The molecular weight excluding hydrogens is 544 g/mol. The number of carbonyl (C=O) groups excluding carboxylic acids is 2. The van der Waals surface area contributed by atoms with Gasteiger partial charge in [-0.15, -0.1) is 0 Å². The first-order valence-corrected chi connectivity index (χ1v) is 19.9. The lowest BCUT2D eigenvalue weighted by molar-refractivity contribution is -0.164. The monoisotopic (exact) mass is 621 g/mol. The Bertz CT molecular complexity index is 606. The summed E-state index contributed by atoms with van der Waals surface area (Å²) in [4.78, 5) is 26.8. The fourth-order valence-electron chi connectivity index (χ4n) is 7.08. The molecule has 0 radical (unpaired) electrons. The van der Waals surface area contributed by atoms with E-state index >= 15 is 0 Å². The molecule has 0 saturated heterocycles. The average molecular weight is 621 g/mol. The van der Waals surface area contributed by atoms with Gasteiger partial charge in [0.15, 0.2) is 0 Å². The number of hydrogen-bond acceptors (Lipinski definition) is 4. The molecule has 1 aliphatic carbocycles. The van der Waals surface area contributed by atoms with Gasteiger partial charge in [-0.1, -0.05) is 169 Å². The minimum atomic E-state index is -0.326. The van der Waals surface area contributed by atoms with Gasteiger partial charge in [0.2, 0.25) is 0 Å². The van der Waals surface area contributed by atoms with E-state index in [1.165, 1.54) is 128 Å². The van der Waals surface area contributed by atoms with Gasteiger partial charge in [0.1, 0.15) is 0 Å². The van der Waals surface area contributed by atoms with E-state index < -0.39 is 0 Å². The predicted octanol–water partition coefficient (Wildman–Crippen LogP) is 12.6. The third-order valence-corrected chi connectivity index (χ3v) is 10.2. The zero-order valence-corrected chi connectivity index (χ0v) is 30.2. The van der Waals surface area contributed by atoms with Crippen LogP contribution in [0.25, 0.3) is 0 Å². The molecular formula is C40H76O4. The normalized spacial score (nSPS) is 18.2. The van der Waals surface area contributed by atoms with Crippen LogP contribution in [0.1, 0.15) is 207 Å². The van der Waals surface area contributed by atoms with Crippen LogP contribution in [-0.2, 0) is 19.1 Å². The van der Waals surface area contributed by atoms with Crippen molar-refractivity contribution < 1.29 is 19.1 Å². The molecule has 1 aliphatic rings. The lowest BCUT2D eigenvalue weighted by Gasteiger charge is -2.29. The fourth-order valence-corrected chi connectivity index (χ4v) is 7.08. The number of rotatable bonds is 30. The fraction of sp³-hybridized carbons (Fsp3) is 0.950. The van der Waals surface area contributed by atoms with Crippen molar-refractivity contribution in [1.29, 1.82) is 0 Å². The Kier molecular flexibility index (Phi) is 27.3. The van der Waals surface area contributed by atoms with Crippen molar-refractivity contribution >= 4 is 11.9 Å². The maximum atomic E-state index is 13.4. The molecule has 4 unspecified atom stereocenters. The Balaban J connectivity index is 2.62. The molecule has 260 valence electrons. The van der Waals surface area contributed by atoms with Crippen LogP contribution in [0, 0.1) is 23.7 Å². The highest BCUT2D eigenvalue weighted by atomic mass is 16.5. The van der Waals surface area contributed by atoms with E-state index in [1.807, 2.05) is 0 Å². The Morgan fingerprint density at radius 1 is 0.455 bits per heavy atom. The zero-order chi connectivity index (χ0) is 32.1. The van der Waals surface area contributed by atoms with E-state index in [0.29, 0.717) is 25.0 Å². The summed E-state index contributed by atoms with van der Waals surface area (Å²) < 4.78 is 12.1. The van der Waals surface area contributed by atoms with Gasteiger partial charge in [-0.3, -0.25) is 9.59 Å². The third-order valence-electron chi connectivity index (χ3n) is 10.2. The Hall–Kier alpha value is -1.06. The van der Waals surface area contributed by atoms with E-state index in [-0.39, 0.29) is 23.8 Å². The highest BCUT2D eigenvalue weighted by Crippen LogP contribution is 2.33. The first-order chi connectivity index (χ1) is 21.6. The standard InChI is InChI=1S/C40H76O4/c1-5-9-13-17-19-23-29-35(27-21-15-11-7-3)33-43-39(41)37-31-25-26-32-38(37)40(42)44-34-36(28-22-16-12-8-4)30-24-20-18-14-10-6-2/h35-38H,5-34H2,1-4H3. The minimum absolute atomic E-state index is 0.142. The van der Waals surface area contributed by atoms with Crippen molar-refractivity contribution in [3.8, 4) is 0 Å². The van der Waals surface area contributed by atoms with E-state index in [2.05, 4.69) is 27.7 Å². The second-order valence-corrected chi connectivity index (χ2v) is 14.3. The molecule has 4 atom stereocenters. The van der Waals surface area contributed by atoms with Gasteiger partial charge in [-0.25, -0.2) is 0 Å². The van der Waals surface area contributed by atoms with Crippen molar-refractivity contribution in [2.75, 3.05) is 13.2 Å². The van der Waals surface area contributed by atoms with Gasteiger partial charge in [0, 0.05) is 0 Å². The molecule has 0 aromatic carbocycles. The van der Waals surface area contributed by atoms with Gasteiger partial charge < -0.3 is 9.47 Å². The summed E-state index contributed by atoms with van der Waals surface area (Å²) in [7, 11) is 0. The van der Waals surface area contributed by atoms with Gasteiger partial charge in [-0.2, -0.15) is 0 Å². The smallest absolute Gasteiger partial charge is 0.309 e. The maximum absolute atomic E-state index is 13.4. The Morgan fingerprint density at radius 2 is 0.727 bits per heavy atom. The van der Waals surface area contributed by atoms with Gasteiger partial charge >= 0.3 is 11.9 Å². The summed E-state index contributed by atoms with van der Waals surface area (Å²) in [6.45, 7) is 10.1. The van der Waals surface area contributed by atoms with Crippen LogP contribution < -0.4 is 0 Å². The molecule has 1 fully saturated rings. The van der Waals surface area contributed by atoms with Crippen LogP contribution in [0.2, 0.25) is 0 Å². The van der Waals surface area contributed by atoms with Crippen LogP contribution in [-0.4, -0.2) is 25.2 Å². The van der Waals surface area contributed by atoms with Crippen molar-refractivity contribution in [1.82, 2.24) is 0 Å². The molecule has 0 aromatic heterocycles. The second kappa shape index (κ2) is 29.3. The number of hydrogen-bond donors (Lipinski definition) is 0. The number of unbranched alkanes of at least 4 members (excludes halogenated alkanes) is 16. The van der Waals surface area contributed by atoms with E-state index in [9.17, 15) is 9.59 Å². The van der Waals surface area contributed by atoms with Crippen LogP contribution in [0.15, 0.2) is 0 Å². The number of esters is 2. The summed E-state index contributed by atoms with van der Waals surface area (Å²) >= 11 is 0. The Labute approximate surface area is 275 Å². The molecule has 0 amide bonds. The third kappa shape index (κ3) is 20.9. The molecule has 0 bridgehead atoms. The van der Waals surface area contributed by atoms with Crippen LogP contribution >= 0.6 is 0 Å². The average Bonchev–Trinajstić information content (AvgIpc) is 3.04. The largest absolute Gasteiger partial charge is 0.465 e. The zero-order valence-electron chi connectivity index (χ0n) is 30.2. The van der Waals surface area contributed by atoms with Crippen molar-refractivity contribution in [3.05, 3.63) is 0 Å². The molecule has 0 aromatic rings. The Morgan fingerprint density at radius 3 is 1.05 bits per heavy atom. The highest BCUT2D eigenvalue weighted by Gasteiger charge is 2.38. The molecule has 4 heteroatoms. The van der Waals surface area contributed by atoms with Gasteiger partial charge in [0.25, 0.3) is 0 Å². The number of ether oxygens (including phenoxy) is 2. The van der Waals surface area contributed by atoms with Gasteiger partial charge in [0.05, 0.1) is 25.0 Å². The van der Waals surface area contributed by atoms with Gasteiger partial charge in [-0.05, 0) is 50.4 Å². The molecule has 0 spiro atoms. The minimum Gasteiger partial charge on any atom is -0.465 e. The van der Waals surface area contributed by atoms with Crippen molar-refractivity contribution in [2.45, 2.75) is 207 Å². The molecule has 0 N–H and O–H groups in total. The first kappa shape index (κ1) is 41.0. The predicted molar refractivity (Wildman–Crippen MR) is 188 cm³/mol. The van der Waals surface area contributed by atoms with E-state index in [4.69, 9.17) is 9.47 Å². The summed E-state index contributed by atoms with van der Waals surface area (Å²) in [6.07, 6.45) is 33.8. The lowest BCUT2D eigenvalue weighted by atomic mass is 9.79. The quantitative estimate of drug-likeness (QED) is 0.0592. The summed E-state index contributed by atoms with van der Waals surface area (Å²) in [5.41, 5.74) is 0. The SMILES string of the molecule is CCCCCCCCC(CCCCCC)COC(=O)C1CCCCC1C(=O)OCC(CCCCCC)CCCCCCCC. The molecule has 44 heavy (non-hydrogen) atoms. The highest BCUT2D eigenvalue weighted by molar-refractivity contribution is 5.82. The summed E-state index contributed by atoms with van der Waals surface area (Å²) in [6, 6.07) is 0. The summed E-state index contributed by atoms with van der Waals surface area (Å²) in [5.74, 6) is -0.0364. The molecule has 0 aliphatic heterocycles. The van der Waals surface area contributed by atoms with Crippen LogP contribution in [0.4, 0.5) is 0 Å². The topological polar surface area (TPSA) is 52.6 Å². The van der Waals surface area contributed by atoms with Crippen molar-refractivity contribution in [3.63, 3.8) is 0 Å². The molecule has 1 rings (SSSR count). The lowest BCUT2D eigenvalue weighted by Crippen LogP contribution is -2.36.